The molecule has 0 radical (unpaired) electrons. The lowest BCUT2D eigenvalue weighted by molar-refractivity contribution is -0.137. The van der Waals surface area contributed by atoms with E-state index in [4.69, 9.17) is 9.84 Å². The summed E-state index contributed by atoms with van der Waals surface area (Å²) in [5.74, 6) is -0.745. The number of carbonyl (C=O) groups excluding carboxylic acids is 1. The third-order valence-electron chi connectivity index (χ3n) is 3.51. The van der Waals surface area contributed by atoms with E-state index in [0.717, 1.165) is 25.7 Å². The second-order valence-corrected chi connectivity index (χ2v) is 5.23. The van der Waals surface area contributed by atoms with Gasteiger partial charge in [-0.05, 0) is 26.2 Å². The number of rotatable bonds is 12. The third-order valence-corrected chi connectivity index (χ3v) is 3.51. The van der Waals surface area contributed by atoms with Gasteiger partial charge in [-0.3, -0.25) is 4.79 Å². The molecule has 1 unspecified atom stereocenters. The van der Waals surface area contributed by atoms with Crippen molar-refractivity contribution in [3.8, 4) is 0 Å². The van der Waals surface area contributed by atoms with Gasteiger partial charge >= 0.3 is 12.0 Å². The number of methoxy groups -OCH3 is 1. The molecule has 2 amide bonds. The predicted octanol–water partition coefficient (Wildman–Crippen LogP) is 2.48. The van der Waals surface area contributed by atoms with Gasteiger partial charge in [0.15, 0.2) is 0 Å². The van der Waals surface area contributed by atoms with Gasteiger partial charge in [-0.25, -0.2) is 4.79 Å². The summed E-state index contributed by atoms with van der Waals surface area (Å²) in [7, 11) is 1.63. The topological polar surface area (TPSA) is 78.9 Å². The number of nitrogens with one attached hydrogen (secondary N) is 1. The van der Waals surface area contributed by atoms with Gasteiger partial charge in [0.25, 0.3) is 0 Å². The number of aliphatic carboxylic acids is 1. The van der Waals surface area contributed by atoms with Crippen molar-refractivity contribution in [2.75, 3.05) is 26.8 Å². The summed E-state index contributed by atoms with van der Waals surface area (Å²) in [6, 6.07) is 0.141. The first-order chi connectivity index (χ1) is 10.0. The Bertz CT molecular complexity index is 297. The Balaban J connectivity index is 3.84. The summed E-state index contributed by atoms with van der Waals surface area (Å²) in [5.41, 5.74) is 0. The molecule has 0 saturated heterocycles. The van der Waals surface area contributed by atoms with Crippen LogP contribution in [0, 0.1) is 0 Å². The van der Waals surface area contributed by atoms with Crippen LogP contribution in [0.4, 0.5) is 4.79 Å². The average molecular weight is 302 g/mol. The molecule has 6 heteroatoms. The number of ether oxygens (including phenoxy) is 1. The van der Waals surface area contributed by atoms with Crippen molar-refractivity contribution in [1.29, 1.82) is 0 Å². The molecule has 0 aromatic heterocycles. The summed E-state index contributed by atoms with van der Waals surface area (Å²) in [4.78, 5) is 24.3. The van der Waals surface area contributed by atoms with Crippen molar-refractivity contribution in [2.45, 2.75) is 58.4 Å². The van der Waals surface area contributed by atoms with Gasteiger partial charge in [0.05, 0.1) is 6.61 Å². The smallest absolute Gasteiger partial charge is 0.317 e. The van der Waals surface area contributed by atoms with Crippen LogP contribution < -0.4 is 5.32 Å². The van der Waals surface area contributed by atoms with Gasteiger partial charge in [0, 0.05) is 32.7 Å². The van der Waals surface area contributed by atoms with E-state index in [2.05, 4.69) is 12.2 Å². The summed E-state index contributed by atoms with van der Waals surface area (Å²) in [6.07, 6.45) is 4.55. The first kappa shape index (κ1) is 19.7. The number of nitrogens with zero attached hydrogens (tertiary/aromatic N) is 1. The van der Waals surface area contributed by atoms with Crippen LogP contribution in [0.15, 0.2) is 0 Å². The lowest BCUT2D eigenvalue weighted by Crippen LogP contribution is -2.46. The predicted molar refractivity (Wildman–Crippen MR) is 82.5 cm³/mol. The van der Waals surface area contributed by atoms with E-state index in [9.17, 15) is 9.59 Å². The van der Waals surface area contributed by atoms with Crippen LogP contribution in [-0.2, 0) is 9.53 Å². The second-order valence-electron chi connectivity index (χ2n) is 5.23. The molecule has 0 aliphatic heterocycles. The molecule has 0 rings (SSSR count). The third kappa shape index (κ3) is 10.1. The highest BCUT2D eigenvalue weighted by atomic mass is 16.5. The zero-order valence-electron chi connectivity index (χ0n) is 13.6. The number of hydrogen-bond acceptors (Lipinski definition) is 3. The van der Waals surface area contributed by atoms with Crippen molar-refractivity contribution in [2.24, 2.45) is 0 Å². The summed E-state index contributed by atoms with van der Waals surface area (Å²) in [5, 5.41) is 11.4. The molecule has 1 atom stereocenters. The van der Waals surface area contributed by atoms with Gasteiger partial charge < -0.3 is 20.1 Å². The van der Waals surface area contributed by atoms with Crippen LogP contribution in [0.5, 0.6) is 0 Å². The summed E-state index contributed by atoms with van der Waals surface area (Å²) >= 11 is 0. The minimum atomic E-state index is -0.745. The molecule has 21 heavy (non-hydrogen) atoms. The average Bonchev–Trinajstić information content (AvgIpc) is 2.45. The molecule has 0 fully saturated rings. The fraction of sp³-hybridized carbons (Fsp3) is 0.867. The molecule has 6 nitrogen and oxygen atoms in total. The van der Waals surface area contributed by atoms with Crippen molar-refractivity contribution in [1.82, 2.24) is 10.2 Å². The van der Waals surface area contributed by atoms with E-state index in [0.29, 0.717) is 26.1 Å². The number of carboxylic acid groups (broad SMARTS) is 1. The largest absolute Gasteiger partial charge is 0.481 e. The van der Waals surface area contributed by atoms with Gasteiger partial charge in [0.2, 0.25) is 0 Å². The fourth-order valence-electron chi connectivity index (χ4n) is 1.98. The van der Waals surface area contributed by atoms with Crippen molar-refractivity contribution in [3.05, 3.63) is 0 Å². The monoisotopic (exact) mass is 302 g/mol. The van der Waals surface area contributed by atoms with Crippen LogP contribution >= 0.6 is 0 Å². The van der Waals surface area contributed by atoms with Crippen LogP contribution in [0.25, 0.3) is 0 Å². The molecule has 0 aliphatic carbocycles. The van der Waals surface area contributed by atoms with E-state index in [-0.39, 0.29) is 18.5 Å². The van der Waals surface area contributed by atoms with E-state index < -0.39 is 5.97 Å². The number of amides is 2. The van der Waals surface area contributed by atoms with Gasteiger partial charge in [-0.15, -0.1) is 0 Å². The maximum atomic E-state index is 12.1. The molecule has 0 saturated carbocycles. The summed E-state index contributed by atoms with van der Waals surface area (Å²) in [6.45, 7) is 5.84. The minimum absolute atomic E-state index is 0.0491. The first-order valence-electron chi connectivity index (χ1n) is 7.78. The van der Waals surface area contributed by atoms with Crippen molar-refractivity contribution in [3.63, 3.8) is 0 Å². The van der Waals surface area contributed by atoms with Crippen molar-refractivity contribution >= 4 is 12.0 Å². The Morgan fingerprint density at radius 1 is 1.24 bits per heavy atom. The first-order valence-corrected chi connectivity index (χ1v) is 7.78. The maximum Gasteiger partial charge on any atom is 0.317 e. The quantitative estimate of drug-likeness (QED) is 0.543. The van der Waals surface area contributed by atoms with E-state index in [1.807, 2.05) is 6.92 Å². The number of carboxylic acids is 1. The SMILES string of the molecule is CCC(C)N(CCOC)C(=O)NCCCCCCC(=O)O. The van der Waals surface area contributed by atoms with Gasteiger partial charge in [0.1, 0.15) is 0 Å². The lowest BCUT2D eigenvalue weighted by Gasteiger charge is -2.28. The van der Waals surface area contributed by atoms with Gasteiger partial charge in [-0.2, -0.15) is 0 Å². The number of carbonyl (C=O) groups is 2. The van der Waals surface area contributed by atoms with E-state index in [1.54, 1.807) is 12.0 Å². The van der Waals surface area contributed by atoms with Crippen LogP contribution in [0.2, 0.25) is 0 Å². The normalized spacial score (nSPS) is 12.0. The second kappa shape index (κ2) is 12.4. The Morgan fingerprint density at radius 2 is 1.90 bits per heavy atom. The van der Waals surface area contributed by atoms with Crippen LogP contribution in [0.1, 0.15) is 52.4 Å². The van der Waals surface area contributed by atoms with Crippen LogP contribution in [-0.4, -0.2) is 54.9 Å². The van der Waals surface area contributed by atoms with Crippen molar-refractivity contribution < 1.29 is 19.4 Å². The Kier molecular flexibility index (Phi) is 11.7. The summed E-state index contributed by atoms with van der Waals surface area (Å²) < 4.78 is 5.04. The molecule has 2 N–H and O–H groups in total. The highest BCUT2D eigenvalue weighted by Gasteiger charge is 2.17. The maximum absolute atomic E-state index is 12.1. The molecule has 124 valence electrons. The molecule has 0 heterocycles. The zero-order valence-corrected chi connectivity index (χ0v) is 13.6. The molecular weight excluding hydrogens is 272 g/mol. The number of urea groups is 1. The molecular formula is C15H30N2O4. The van der Waals surface area contributed by atoms with E-state index in [1.165, 1.54) is 0 Å². The van der Waals surface area contributed by atoms with Crippen LogP contribution in [0.3, 0.4) is 0 Å². The standard InChI is InChI=1S/C15H30N2O4/c1-4-13(2)17(11-12-21-3)15(20)16-10-8-6-5-7-9-14(18)19/h13H,4-12H2,1-3H3,(H,16,20)(H,18,19). The highest BCUT2D eigenvalue weighted by molar-refractivity contribution is 5.74. The van der Waals surface area contributed by atoms with E-state index >= 15 is 0 Å². The Labute approximate surface area is 127 Å². The molecule has 0 spiro atoms. The number of unbranched alkanes of at least 4 members (excludes halogenated alkanes) is 3. The fourth-order valence-corrected chi connectivity index (χ4v) is 1.98. The highest BCUT2D eigenvalue weighted by Crippen LogP contribution is 2.05. The molecule has 0 aromatic rings. The number of hydrogen-bond donors (Lipinski definition) is 2. The molecule has 0 aliphatic rings. The molecule has 0 bridgehead atoms. The Morgan fingerprint density at radius 3 is 2.48 bits per heavy atom. The Hall–Kier alpha value is -1.30. The zero-order chi connectivity index (χ0) is 16.1. The van der Waals surface area contributed by atoms with Gasteiger partial charge in [-0.1, -0.05) is 19.8 Å². The molecule has 0 aromatic carbocycles. The minimum Gasteiger partial charge on any atom is -0.481 e. The lowest BCUT2D eigenvalue weighted by atomic mass is 10.1.